The van der Waals surface area contributed by atoms with Crippen molar-refractivity contribution in [2.45, 2.75) is 32.3 Å². The Labute approximate surface area is 129 Å². The summed E-state index contributed by atoms with van der Waals surface area (Å²) in [5.41, 5.74) is 1.62. The van der Waals surface area contributed by atoms with Gasteiger partial charge in [0.2, 0.25) is 6.08 Å². The molecule has 4 heteroatoms. The zero-order valence-corrected chi connectivity index (χ0v) is 12.6. The molecule has 0 atom stereocenters. The number of rotatable bonds is 3. The molecular formula is C18H17NO3. The number of ether oxygens (including phenoxy) is 2. The van der Waals surface area contributed by atoms with Crippen molar-refractivity contribution >= 4 is 11.8 Å². The molecule has 0 unspecified atom stereocenters. The van der Waals surface area contributed by atoms with Crippen molar-refractivity contribution < 1.29 is 14.3 Å². The number of benzene rings is 2. The van der Waals surface area contributed by atoms with Gasteiger partial charge in [-0.1, -0.05) is 0 Å². The van der Waals surface area contributed by atoms with E-state index in [0.29, 0.717) is 11.4 Å². The van der Waals surface area contributed by atoms with Gasteiger partial charge in [-0.25, -0.2) is 4.79 Å². The quantitative estimate of drug-likeness (QED) is 0.616. The zero-order valence-electron chi connectivity index (χ0n) is 12.6. The van der Waals surface area contributed by atoms with Gasteiger partial charge in [0.1, 0.15) is 22.8 Å². The van der Waals surface area contributed by atoms with E-state index in [1.54, 1.807) is 24.3 Å². The minimum atomic E-state index is -0.107. The van der Waals surface area contributed by atoms with Crippen LogP contribution in [0.25, 0.3) is 0 Å². The average Bonchev–Trinajstić information content (AvgIpc) is 2.49. The van der Waals surface area contributed by atoms with Crippen molar-refractivity contribution in [3.63, 3.8) is 0 Å². The van der Waals surface area contributed by atoms with E-state index < -0.39 is 0 Å². The topological polar surface area (TPSA) is 47.9 Å². The van der Waals surface area contributed by atoms with Gasteiger partial charge in [-0.15, -0.1) is 0 Å². The molecule has 0 saturated carbocycles. The van der Waals surface area contributed by atoms with Gasteiger partial charge in [0.25, 0.3) is 0 Å². The van der Waals surface area contributed by atoms with E-state index in [2.05, 4.69) is 18.8 Å². The summed E-state index contributed by atoms with van der Waals surface area (Å²) in [4.78, 5) is 13.7. The Hall–Kier alpha value is -2.58. The first kappa shape index (κ1) is 14.4. The van der Waals surface area contributed by atoms with Crippen molar-refractivity contribution in [2.75, 3.05) is 0 Å². The first-order chi connectivity index (χ1) is 10.6. The Morgan fingerprint density at radius 1 is 1.14 bits per heavy atom. The third kappa shape index (κ3) is 3.18. The largest absolute Gasteiger partial charge is 0.488 e. The molecule has 1 heterocycles. The van der Waals surface area contributed by atoms with Crippen LogP contribution in [-0.2, 0) is 11.2 Å². The SMILES string of the molecule is CC1(C)CCc2cc(Oc3ccc(N=C=O)cc3)ccc2O1. The molecule has 1 aliphatic rings. The van der Waals surface area contributed by atoms with Crippen LogP contribution >= 0.6 is 0 Å². The van der Waals surface area contributed by atoms with Gasteiger partial charge in [0.15, 0.2) is 0 Å². The smallest absolute Gasteiger partial charge is 0.240 e. The summed E-state index contributed by atoms with van der Waals surface area (Å²) in [6, 6.07) is 12.8. The maximum atomic E-state index is 10.2. The molecule has 0 aliphatic carbocycles. The van der Waals surface area contributed by atoms with E-state index >= 15 is 0 Å². The summed E-state index contributed by atoms with van der Waals surface area (Å²) in [6.45, 7) is 4.20. The minimum absolute atomic E-state index is 0.107. The molecule has 0 N–H and O–H groups in total. The molecule has 0 radical (unpaired) electrons. The highest BCUT2D eigenvalue weighted by Crippen LogP contribution is 2.36. The second kappa shape index (κ2) is 5.66. The summed E-state index contributed by atoms with van der Waals surface area (Å²) in [5, 5.41) is 0. The molecule has 2 aromatic carbocycles. The summed E-state index contributed by atoms with van der Waals surface area (Å²) < 4.78 is 11.8. The third-order valence-corrected chi connectivity index (χ3v) is 3.66. The van der Waals surface area contributed by atoms with E-state index in [4.69, 9.17) is 9.47 Å². The molecule has 0 fully saturated rings. The zero-order chi connectivity index (χ0) is 15.6. The number of hydrogen-bond acceptors (Lipinski definition) is 4. The number of nitrogens with zero attached hydrogens (tertiary/aromatic N) is 1. The summed E-state index contributed by atoms with van der Waals surface area (Å²) in [5.74, 6) is 2.40. The molecule has 112 valence electrons. The minimum Gasteiger partial charge on any atom is -0.488 e. The van der Waals surface area contributed by atoms with Gasteiger partial charge in [-0.2, -0.15) is 4.99 Å². The number of fused-ring (bicyclic) bond motifs is 1. The van der Waals surface area contributed by atoms with Crippen molar-refractivity contribution in [2.24, 2.45) is 4.99 Å². The summed E-state index contributed by atoms with van der Waals surface area (Å²) in [7, 11) is 0. The fourth-order valence-electron chi connectivity index (χ4n) is 2.48. The highest BCUT2D eigenvalue weighted by molar-refractivity contribution is 5.51. The number of carbonyl (C=O) groups excluding carboxylic acids is 1. The first-order valence-corrected chi connectivity index (χ1v) is 7.23. The van der Waals surface area contributed by atoms with Gasteiger partial charge < -0.3 is 9.47 Å². The molecule has 0 saturated heterocycles. The highest BCUT2D eigenvalue weighted by Gasteiger charge is 2.26. The maximum absolute atomic E-state index is 10.2. The van der Waals surface area contributed by atoms with Gasteiger partial charge in [0, 0.05) is 0 Å². The van der Waals surface area contributed by atoms with Gasteiger partial charge in [-0.05, 0) is 74.7 Å². The Morgan fingerprint density at radius 2 is 1.86 bits per heavy atom. The fourth-order valence-corrected chi connectivity index (χ4v) is 2.48. The van der Waals surface area contributed by atoms with Crippen molar-refractivity contribution in [3.05, 3.63) is 48.0 Å². The molecule has 2 aromatic rings. The maximum Gasteiger partial charge on any atom is 0.240 e. The highest BCUT2D eigenvalue weighted by atomic mass is 16.5. The summed E-state index contributed by atoms with van der Waals surface area (Å²) >= 11 is 0. The van der Waals surface area contributed by atoms with Crippen LogP contribution in [0, 0.1) is 0 Å². The van der Waals surface area contributed by atoms with Crippen LogP contribution in [0.5, 0.6) is 17.2 Å². The second-order valence-electron chi connectivity index (χ2n) is 5.93. The lowest BCUT2D eigenvalue weighted by atomic mass is 9.94. The predicted molar refractivity (Wildman–Crippen MR) is 83.8 cm³/mol. The van der Waals surface area contributed by atoms with Gasteiger partial charge >= 0.3 is 0 Å². The van der Waals surface area contributed by atoms with E-state index in [1.807, 2.05) is 18.2 Å². The molecule has 0 spiro atoms. The molecule has 3 rings (SSSR count). The van der Waals surface area contributed by atoms with Crippen LogP contribution in [0.15, 0.2) is 47.5 Å². The van der Waals surface area contributed by atoms with E-state index in [0.717, 1.165) is 24.3 Å². The third-order valence-electron chi connectivity index (χ3n) is 3.66. The molecular weight excluding hydrogens is 278 g/mol. The van der Waals surface area contributed by atoms with E-state index in [9.17, 15) is 4.79 Å². The standard InChI is InChI=1S/C18H17NO3/c1-18(2)10-9-13-11-16(7-8-17(13)22-18)21-15-5-3-14(4-6-15)19-12-20/h3-8,11H,9-10H2,1-2H3. The lowest BCUT2D eigenvalue weighted by molar-refractivity contribution is 0.0845. The molecule has 0 aromatic heterocycles. The van der Waals surface area contributed by atoms with Crippen molar-refractivity contribution in [1.82, 2.24) is 0 Å². The molecule has 1 aliphatic heterocycles. The second-order valence-corrected chi connectivity index (χ2v) is 5.93. The average molecular weight is 295 g/mol. The molecule has 4 nitrogen and oxygen atoms in total. The van der Waals surface area contributed by atoms with Crippen LogP contribution in [0.4, 0.5) is 5.69 Å². The van der Waals surface area contributed by atoms with E-state index in [-0.39, 0.29) is 5.60 Å². The van der Waals surface area contributed by atoms with Crippen LogP contribution in [0.3, 0.4) is 0 Å². The normalized spacial score (nSPS) is 15.2. The van der Waals surface area contributed by atoms with E-state index in [1.165, 1.54) is 11.6 Å². The monoisotopic (exact) mass is 295 g/mol. The van der Waals surface area contributed by atoms with Crippen LogP contribution < -0.4 is 9.47 Å². The first-order valence-electron chi connectivity index (χ1n) is 7.23. The van der Waals surface area contributed by atoms with Crippen molar-refractivity contribution in [1.29, 1.82) is 0 Å². The number of aliphatic imine (C=N–C) groups is 1. The van der Waals surface area contributed by atoms with Crippen LogP contribution in [-0.4, -0.2) is 11.7 Å². The fraction of sp³-hybridized carbons (Fsp3) is 0.278. The Kier molecular flexibility index (Phi) is 3.70. The predicted octanol–water partition coefficient (Wildman–Crippen LogP) is 4.55. The molecule has 22 heavy (non-hydrogen) atoms. The lowest BCUT2D eigenvalue weighted by Crippen LogP contribution is -2.32. The Bertz CT molecular complexity index is 728. The molecule has 0 amide bonds. The number of aryl methyl sites for hydroxylation is 1. The van der Waals surface area contributed by atoms with Crippen LogP contribution in [0.2, 0.25) is 0 Å². The lowest BCUT2D eigenvalue weighted by Gasteiger charge is -2.32. The molecule has 0 bridgehead atoms. The Balaban J connectivity index is 1.77. The van der Waals surface area contributed by atoms with Gasteiger partial charge in [0.05, 0.1) is 5.69 Å². The van der Waals surface area contributed by atoms with Crippen molar-refractivity contribution in [3.8, 4) is 17.2 Å². The number of hydrogen-bond donors (Lipinski definition) is 0. The number of isocyanates is 1. The van der Waals surface area contributed by atoms with Crippen LogP contribution in [0.1, 0.15) is 25.8 Å². The Morgan fingerprint density at radius 3 is 2.59 bits per heavy atom. The summed E-state index contributed by atoms with van der Waals surface area (Å²) in [6.07, 6.45) is 3.48. The van der Waals surface area contributed by atoms with Gasteiger partial charge in [-0.3, -0.25) is 0 Å².